The second kappa shape index (κ2) is 8.17. The molecule has 1 fully saturated rings. The monoisotopic (exact) mass is 402 g/mol. The lowest BCUT2D eigenvalue weighted by Crippen LogP contribution is -2.28. The third-order valence-electron chi connectivity index (χ3n) is 4.81. The maximum Gasteiger partial charge on any atom is 0.407 e. The van der Waals surface area contributed by atoms with Crippen molar-refractivity contribution in [3.63, 3.8) is 0 Å². The van der Waals surface area contributed by atoms with Crippen molar-refractivity contribution < 1.29 is 33.7 Å². The molecule has 2 aromatic carbocycles. The second-order valence-electron chi connectivity index (χ2n) is 6.52. The molecule has 0 bridgehead atoms. The zero-order valence-electron chi connectivity index (χ0n) is 15.5. The van der Waals surface area contributed by atoms with Crippen molar-refractivity contribution in [2.75, 3.05) is 19.0 Å². The molecular weight excluding hydrogens is 383 g/mol. The highest BCUT2D eigenvalue weighted by Gasteiger charge is 2.30. The Labute approximate surface area is 165 Å². The van der Waals surface area contributed by atoms with E-state index in [0.29, 0.717) is 24.9 Å². The molecule has 1 heterocycles. The van der Waals surface area contributed by atoms with Crippen molar-refractivity contribution in [3.8, 4) is 5.75 Å². The fourth-order valence-electron chi connectivity index (χ4n) is 3.37. The van der Waals surface area contributed by atoms with Crippen molar-refractivity contribution in [2.24, 2.45) is 0 Å². The average molecular weight is 402 g/mol. The van der Waals surface area contributed by atoms with Crippen LogP contribution in [-0.4, -0.2) is 46.7 Å². The highest BCUT2D eigenvalue weighted by molar-refractivity contribution is 6.06. The van der Waals surface area contributed by atoms with Crippen LogP contribution in [0.4, 0.5) is 14.9 Å². The molecule has 152 valence electrons. The maximum absolute atomic E-state index is 14.6. The number of aromatic hydroxyl groups is 1. The van der Waals surface area contributed by atoms with E-state index in [1.165, 1.54) is 35.2 Å². The molecule has 1 aliphatic rings. The van der Waals surface area contributed by atoms with Crippen molar-refractivity contribution in [1.29, 1.82) is 0 Å². The number of rotatable bonds is 4. The molecule has 0 aliphatic carbocycles. The summed E-state index contributed by atoms with van der Waals surface area (Å²) in [6.07, 6.45) is 0.179. The zero-order chi connectivity index (χ0) is 21.1. The number of carbonyl (C=O) groups excluding carboxylic acids is 2. The van der Waals surface area contributed by atoms with Gasteiger partial charge < -0.3 is 25.2 Å². The maximum atomic E-state index is 14.6. The number of ether oxygens (including phenoxy) is 1. The van der Waals surface area contributed by atoms with E-state index < -0.39 is 35.6 Å². The summed E-state index contributed by atoms with van der Waals surface area (Å²) in [5.74, 6) is -2.92. The molecule has 0 spiro atoms. The van der Waals surface area contributed by atoms with Gasteiger partial charge in [0.15, 0.2) is 5.75 Å². The molecule has 9 heteroatoms. The normalized spacial score (nSPS) is 15.8. The number of anilines is 1. The number of hydrogen-bond acceptors (Lipinski definition) is 5. The van der Waals surface area contributed by atoms with Crippen LogP contribution in [0.5, 0.6) is 5.75 Å². The Balaban J connectivity index is 1.82. The summed E-state index contributed by atoms with van der Waals surface area (Å²) in [4.78, 5) is 36.6. The standard InChI is InChI=1S/C20H19FN2O6/c1-29-19(26)13-4-2-5-15(17(13)24)22-18(25)12-8-7-11(10-14(12)21)16-6-3-9-23(16)20(27)28/h2,4-5,7-8,10,16,24H,3,6,9H2,1H3,(H,22,25)(H,27,28). The molecule has 1 saturated heterocycles. The second-order valence-corrected chi connectivity index (χ2v) is 6.52. The van der Waals surface area contributed by atoms with Gasteiger partial charge in [0, 0.05) is 6.54 Å². The lowest BCUT2D eigenvalue weighted by molar-refractivity contribution is 0.0597. The van der Waals surface area contributed by atoms with Gasteiger partial charge in [-0.2, -0.15) is 0 Å². The molecule has 29 heavy (non-hydrogen) atoms. The Morgan fingerprint density at radius 2 is 1.97 bits per heavy atom. The average Bonchev–Trinajstić information content (AvgIpc) is 3.19. The Kier molecular flexibility index (Phi) is 5.67. The number of nitrogens with zero attached hydrogens (tertiary/aromatic N) is 1. The minimum Gasteiger partial charge on any atom is -0.505 e. The van der Waals surface area contributed by atoms with Crippen molar-refractivity contribution in [1.82, 2.24) is 4.90 Å². The van der Waals surface area contributed by atoms with Gasteiger partial charge in [0.25, 0.3) is 5.91 Å². The molecule has 2 amide bonds. The van der Waals surface area contributed by atoms with Crippen LogP contribution in [-0.2, 0) is 4.74 Å². The number of halogens is 1. The number of esters is 1. The largest absolute Gasteiger partial charge is 0.505 e. The number of benzene rings is 2. The number of carboxylic acid groups (broad SMARTS) is 1. The molecule has 2 aromatic rings. The van der Waals surface area contributed by atoms with Gasteiger partial charge in [0.1, 0.15) is 11.4 Å². The van der Waals surface area contributed by atoms with E-state index in [0.717, 1.165) is 13.2 Å². The van der Waals surface area contributed by atoms with E-state index in [-0.39, 0.29) is 16.8 Å². The fraction of sp³-hybridized carbons (Fsp3) is 0.250. The first-order chi connectivity index (χ1) is 13.8. The van der Waals surface area contributed by atoms with Gasteiger partial charge in [-0.3, -0.25) is 4.79 Å². The molecule has 3 rings (SSSR count). The van der Waals surface area contributed by atoms with E-state index in [9.17, 15) is 29.0 Å². The van der Waals surface area contributed by atoms with Gasteiger partial charge >= 0.3 is 12.1 Å². The van der Waals surface area contributed by atoms with Gasteiger partial charge in [-0.15, -0.1) is 0 Å². The van der Waals surface area contributed by atoms with Crippen molar-refractivity contribution >= 4 is 23.7 Å². The van der Waals surface area contributed by atoms with Gasteiger partial charge in [0.05, 0.1) is 24.4 Å². The molecule has 3 N–H and O–H groups in total. The molecule has 1 atom stereocenters. The summed E-state index contributed by atoms with van der Waals surface area (Å²) in [5.41, 5.74) is -0.0312. The number of amides is 2. The summed E-state index contributed by atoms with van der Waals surface area (Å²) in [5, 5.41) is 21.8. The van der Waals surface area contributed by atoms with Crippen LogP contribution in [0, 0.1) is 5.82 Å². The summed E-state index contributed by atoms with van der Waals surface area (Å²) >= 11 is 0. The Morgan fingerprint density at radius 1 is 1.21 bits per heavy atom. The van der Waals surface area contributed by atoms with Crippen LogP contribution in [0.1, 0.15) is 45.2 Å². The Morgan fingerprint density at radius 3 is 2.62 bits per heavy atom. The van der Waals surface area contributed by atoms with Gasteiger partial charge in [-0.05, 0) is 42.7 Å². The number of phenols is 1. The Hall–Kier alpha value is -3.62. The van der Waals surface area contributed by atoms with Crippen LogP contribution < -0.4 is 5.32 Å². The van der Waals surface area contributed by atoms with E-state index in [4.69, 9.17) is 0 Å². The van der Waals surface area contributed by atoms with Crippen molar-refractivity contribution in [3.05, 3.63) is 58.9 Å². The molecule has 0 radical (unpaired) electrons. The molecule has 0 saturated carbocycles. The number of likely N-dealkylation sites (tertiary alicyclic amines) is 1. The fourth-order valence-corrected chi connectivity index (χ4v) is 3.37. The minimum atomic E-state index is -1.07. The van der Waals surface area contributed by atoms with Crippen molar-refractivity contribution in [2.45, 2.75) is 18.9 Å². The van der Waals surface area contributed by atoms with Crippen LogP contribution in [0.3, 0.4) is 0 Å². The number of phenolic OH excluding ortho intramolecular Hbond substituents is 1. The predicted octanol–water partition coefficient (Wildman–Crippen LogP) is 3.39. The zero-order valence-corrected chi connectivity index (χ0v) is 15.5. The first-order valence-corrected chi connectivity index (χ1v) is 8.84. The summed E-state index contributed by atoms with van der Waals surface area (Å²) < 4.78 is 19.1. The van der Waals surface area contributed by atoms with Gasteiger partial charge in [-0.1, -0.05) is 12.1 Å². The van der Waals surface area contributed by atoms with Crippen LogP contribution in [0.25, 0.3) is 0 Å². The van der Waals surface area contributed by atoms with E-state index in [2.05, 4.69) is 10.1 Å². The summed E-state index contributed by atoms with van der Waals surface area (Å²) in [7, 11) is 1.15. The quantitative estimate of drug-likeness (QED) is 0.533. The van der Waals surface area contributed by atoms with Crippen LogP contribution >= 0.6 is 0 Å². The molecular formula is C20H19FN2O6. The van der Waals surface area contributed by atoms with E-state index in [1.807, 2.05) is 0 Å². The number of nitrogens with one attached hydrogen (secondary N) is 1. The third-order valence-corrected chi connectivity index (χ3v) is 4.81. The summed E-state index contributed by atoms with van der Waals surface area (Å²) in [6, 6.07) is 7.57. The number of para-hydroxylation sites is 1. The topological polar surface area (TPSA) is 116 Å². The Bertz CT molecular complexity index is 977. The number of hydrogen-bond donors (Lipinski definition) is 3. The van der Waals surface area contributed by atoms with E-state index >= 15 is 0 Å². The van der Waals surface area contributed by atoms with E-state index in [1.54, 1.807) is 0 Å². The summed E-state index contributed by atoms with van der Waals surface area (Å²) in [6.45, 7) is 0.375. The third kappa shape index (κ3) is 3.98. The van der Waals surface area contributed by atoms with Gasteiger partial charge in [-0.25, -0.2) is 14.0 Å². The lowest BCUT2D eigenvalue weighted by atomic mass is 10.0. The minimum absolute atomic E-state index is 0.0748. The lowest BCUT2D eigenvalue weighted by Gasteiger charge is -2.22. The SMILES string of the molecule is COC(=O)c1cccc(NC(=O)c2ccc(C3CCCN3C(=O)O)cc2F)c1O. The smallest absolute Gasteiger partial charge is 0.407 e. The first kappa shape index (κ1) is 20.1. The molecule has 0 aromatic heterocycles. The first-order valence-electron chi connectivity index (χ1n) is 8.84. The van der Waals surface area contributed by atoms with Crippen LogP contribution in [0.15, 0.2) is 36.4 Å². The molecule has 1 aliphatic heterocycles. The van der Waals surface area contributed by atoms with Crippen LogP contribution in [0.2, 0.25) is 0 Å². The highest BCUT2D eigenvalue weighted by Crippen LogP contribution is 2.33. The number of methoxy groups -OCH3 is 1. The number of carbonyl (C=O) groups is 3. The predicted molar refractivity (Wildman–Crippen MR) is 101 cm³/mol. The molecule has 8 nitrogen and oxygen atoms in total. The highest BCUT2D eigenvalue weighted by atomic mass is 19.1. The molecule has 1 unspecified atom stereocenters. The van der Waals surface area contributed by atoms with Gasteiger partial charge in [0.2, 0.25) is 0 Å².